The molecule has 20 heavy (non-hydrogen) atoms. The number of carbonyl (C=O) groups is 1. The fourth-order valence-corrected chi connectivity index (χ4v) is 1.61. The highest BCUT2D eigenvalue weighted by molar-refractivity contribution is 5.89. The van der Waals surface area contributed by atoms with E-state index < -0.39 is 29.2 Å². The Kier molecular flexibility index (Phi) is 3.44. The summed E-state index contributed by atoms with van der Waals surface area (Å²) in [4.78, 5) is 14.0. The van der Waals surface area contributed by atoms with E-state index >= 15 is 0 Å². The molecule has 0 atom stereocenters. The van der Waals surface area contributed by atoms with Crippen LogP contribution in [0, 0.1) is 5.95 Å². The highest BCUT2D eigenvalue weighted by atomic mass is 19.4. The molecule has 2 rings (SSSR count). The van der Waals surface area contributed by atoms with Gasteiger partial charge in [-0.1, -0.05) is 12.1 Å². The van der Waals surface area contributed by atoms with Crippen molar-refractivity contribution in [2.75, 3.05) is 0 Å². The van der Waals surface area contributed by atoms with E-state index in [4.69, 9.17) is 5.11 Å². The summed E-state index contributed by atoms with van der Waals surface area (Å²) in [6.07, 6.45) is -3.39. The topological polar surface area (TPSA) is 50.2 Å². The first kappa shape index (κ1) is 14.0. The van der Waals surface area contributed by atoms with Gasteiger partial charge in [-0.05, 0) is 23.8 Å². The van der Waals surface area contributed by atoms with Gasteiger partial charge in [-0.2, -0.15) is 17.6 Å². The van der Waals surface area contributed by atoms with E-state index in [0.29, 0.717) is 5.56 Å². The van der Waals surface area contributed by atoms with Crippen molar-refractivity contribution in [3.05, 3.63) is 53.6 Å². The number of alkyl halides is 3. The molecule has 0 saturated heterocycles. The number of aromatic carboxylic acids is 1. The summed E-state index contributed by atoms with van der Waals surface area (Å²) in [5, 5.41) is 8.76. The van der Waals surface area contributed by atoms with E-state index in [1.165, 1.54) is 12.1 Å². The van der Waals surface area contributed by atoms with Crippen molar-refractivity contribution in [1.82, 2.24) is 4.98 Å². The van der Waals surface area contributed by atoms with Crippen molar-refractivity contribution < 1.29 is 27.5 Å². The van der Waals surface area contributed by atoms with Crippen LogP contribution in [0.1, 0.15) is 15.9 Å². The summed E-state index contributed by atoms with van der Waals surface area (Å²) in [6, 6.07) is 5.08. The highest BCUT2D eigenvalue weighted by Crippen LogP contribution is 2.31. The van der Waals surface area contributed by atoms with E-state index in [2.05, 4.69) is 4.98 Å². The van der Waals surface area contributed by atoms with Gasteiger partial charge >= 0.3 is 12.1 Å². The molecule has 1 aromatic heterocycles. The third-order valence-corrected chi connectivity index (χ3v) is 2.62. The quantitative estimate of drug-likeness (QED) is 0.677. The third kappa shape index (κ3) is 2.76. The third-order valence-electron chi connectivity index (χ3n) is 2.62. The van der Waals surface area contributed by atoms with Gasteiger partial charge in [0.15, 0.2) is 0 Å². The minimum Gasteiger partial charge on any atom is -0.478 e. The molecule has 0 unspecified atom stereocenters. The Morgan fingerprint density at radius 3 is 2.20 bits per heavy atom. The molecular formula is C13H7F4NO2. The first-order chi connectivity index (χ1) is 9.29. The molecule has 1 aromatic carbocycles. The molecule has 0 amide bonds. The van der Waals surface area contributed by atoms with E-state index in [1.54, 1.807) is 0 Å². The maximum absolute atomic E-state index is 13.1. The Hall–Kier alpha value is -2.44. The number of aromatic nitrogens is 1. The first-order valence-corrected chi connectivity index (χ1v) is 5.35. The number of halogens is 4. The van der Waals surface area contributed by atoms with Gasteiger partial charge in [0, 0.05) is 11.8 Å². The Morgan fingerprint density at radius 1 is 1.10 bits per heavy atom. The van der Waals surface area contributed by atoms with Gasteiger partial charge in [-0.15, -0.1) is 0 Å². The molecule has 0 aliphatic carbocycles. The molecule has 0 bridgehead atoms. The zero-order chi connectivity index (χ0) is 14.9. The van der Waals surface area contributed by atoms with Crippen LogP contribution in [0.4, 0.5) is 17.6 Å². The molecule has 1 heterocycles. The fourth-order valence-electron chi connectivity index (χ4n) is 1.61. The van der Waals surface area contributed by atoms with E-state index in [-0.39, 0.29) is 5.56 Å². The monoisotopic (exact) mass is 285 g/mol. The summed E-state index contributed by atoms with van der Waals surface area (Å²) < 4.78 is 50.3. The van der Waals surface area contributed by atoms with Crippen LogP contribution in [0.15, 0.2) is 36.5 Å². The predicted molar refractivity (Wildman–Crippen MR) is 61.6 cm³/mol. The van der Waals surface area contributed by atoms with Crippen LogP contribution in [-0.2, 0) is 6.18 Å². The lowest BCUT2D eigenvalue weighted by Crippen LogP contribution is -2.04. The Morgan fingerprint density at radius 2 is 1.70 bits per heavy atom. The zero-order valence-electron chi connectivity index (χ0n) is 9.78. The summed E-state index contributed by atoms with van der Waals surface area (Å²) in [5.74, 6) is -2.64. The second kappa shape index (κ2) is 4.92. The molecule has 3 nitrogen and oxygen atoms in total. The Bertz CT molecular complexity index is 650. The lowest BCUT2D eigenvalue weighted by molar-refractivity contribution is -0.137. The van der Waals surface area contributed by atoms with E-state index in [9.17, 15) is 22.4 Å². The lowest BCUT2D eigenvalue weighted by atomic mass is 10.0. The van der Waals surface area contributed by atoms with Gasteiger partial charge in [0.2, 0.25) is 5.95 Å². The van der Waals surface area contributed by atoms with Gasteiger partial charge in [0.25, 0.3) is 0 Å². The highest BCUT2D eigenvalue weighted by Gasteiger charge is 2.30. The number of pyridine rings is 1. The van der Waals surface area contributed by atoms with Gasteiger partial charge in [-0.25, -0.2) is 9.78 Å². The molecule has 0 radical (unpaired) electrons. The van der Waals surface area contributed by atoms with Gasteiger partial charge in [-0.3, -0.25) is 0 Å². The first-order valence-electron chi connectivity index (χ1n) is 5.35. The second-order valence-electron chi connectivity index (χ2n) is 3.94. The predicted octanol–water partition coefficient (Wildman–Crippen LogP) is 3.60. The molecule has 0 aliphatic rings. The Balaban J connectivity index is 2.42. The van der Waals surface area contributed by atoms with Gasteiger partial charge in [0.1, 0.15) is 5.56 Å². The summed E-state index contributed by atoms with van der Waals surface area (Å²) in [5.41, 5.74) is -0.928. The molecule has 2 aromatic rings. The molecule has 0 fully saturated rings. The molecule has 7 heteroatoms. The number of hydrogen-bond donors (Lipinski definition) is 1. The minimum atomic E-state index is -4.45. The van der Waals surface area contributed by atoms with Crippen molar-refractivity contribution in [1.29, 1.82) is 0 Å². The smallest absolute Gasteiger partial charge is 0.416 e. The second-order valence-corrected chi connectivity index (χ2v) is 3.94. The van der Waals surface area contributed by atoms with Crippen molar-refractivity contribution in [3.8, 4) is 11.1 Å². The maximum Gasteiger partial charge on any atom is 0.416 e. The molecule has 0 spiro atoms. The van der Waals surface area contributed by atoms with E-state index in [0.717, 1.165) is 24.4 Å². The van der Waals surface area contributed by atoms with Crippen molar-refractivity contribution in [2.45, 2.75) is 6.18 Å². The van der Waals surface area contributed by atoms with E-state index in [1.807, 2.05) is 0 Å². The number of hydrogen-bond acceptors (Lipinski definition) is 2. The largest absolute Gasteiger partial charge is 0.478 e. The van der Waals surface area contributed by atoms with Gasteiger partial charge < -0.3 is 5.11 Å². The normalized spacial score (nSPS) is 11.4. The number of carboxylic acids is 1. The zero-order valence-corrected chi connectivity index (χ0v) is 9.78. The Labute approximate surface area is 110 Å². The number of nitrogens with zero attached hydrogens (tertiary/aromatic N) is 1. The minimum absolute atomic E-state index is 0.220. The van der Waals surface area contributed by atoms with Crippen LogP contribution >= 0.6 is 0 Å². The van der Waals surface area contributed by atoms with Crippen LogP contribution in [0.2, 0.25) is 0 Å². The maximum atomic E-state index is 13.1. The van der Waals surface area contributed by atoms with Crippen molar-refractivity contribution >= 4 is 5.97 Å². The molecule has 0 saturated carbocycles. The lowest BCUT2D eigenvalue weighted by Gasteiger charge is -2.08. The standard InChI is InChI=1S/C13H7F4NO2/c14-11-10(12(19)20)5-8(6-18-11)7-1-3-9(4-2-7)13(15,16)17/h1-6H,(H,19,20). The van der Waals surface area contributed by atoms with Crippen molar-refractivity contribution in [3.63, 3.8) is 0 Å². The SMILES string of the molecule is O=C(O)c1cc(-c2ccc(C(F)(F)F)cc2)cnc1F. The van der Waals surface area contributed by atoms with Gasteiger partial charge in [0.05, 0.1) is 5.56 Å². The van der Waals surface area contributed by atoms with Crippen LogP contribution in [0.3, 0.4) is 0 Å². The average Bonchev–Trinajstić information content (AvgIpc) is 2.38. The number of carboxylic acid groups (broad SMARTS) is 1. The fraction of sp³-hybridized carbons (Fsp3) is 0.0769. The molecule has 0 aliphatic heterocycles. The summed E-state index contributed by atoms with van der Waals surface area (Å²) >= 11 is 0. The summed E-state index contributed by atoms with van der Waals surface area (Å²) in [6.45, 7) is 0. The van der Waals surface area contributed by atoms with Crippen LogP contribution in [0.25, 0.3) is 11.1 Å². The van der Waals surface area contributed by atoms with Crippen LogP contribution in [0.5, 0.6) is 0 Å². The van der Waals surface area contributed by atoms with Crippen LogP contribution < -0.4 is 0 Å². The summed E-state index contributed by atoms with van der Waals surface area (Å²) in [7, 11) is 0. The molecule has 1 N–H and O–H groups in total. The van der Waals surface area contributed by atoms with Crippen molar-refractivity contribution in [2.24, 2.45) is 0 Å². The van der Waals surface area contributed by atoms with Crippen LogP contribution in [-0.4, -0.2) is 16.1 Å². The average molecular weight is 285 g/mol. The molecular weight excluding hydrogens is 278 g/mol. The number of rotatable bonds is 2. The molecule has 104 valence electrons. The number of benzene rings is 1.